The summed E-state index contributed by atoms with van der Waals surface area (Å²) < 4.78 is 0. The lowest BCUT2D eigenvalue weighted by atomic mass is 10.1. The Labute approximate surface area is 86.0 Å². The molecule has 0 aromatic heterocycles. The minimum atomic E-state index is -0.222. The maximum absolute atomic E-state index is 9.32. The number of nitrogens with one attached hydrogen (secondary N) is 1. The van der Waals surface area contributed by atoms with Crippen LogP contribution in [0.1, 0.15) is 24.5 Å². The van der Waals surface area contributed by atoms with E-state index in [0.717, 1.165) is 13.0 Å². The molecular weight excluding hydrogens is 174 g/mol. The highest BCUT2D eigenvalue weighted by atomic mass is 16.3. The number of aryl methyl sites for hydroxylation is 1. The molecule has 2 heteroatoms. The Hall–Kier alpha value is -0.860. The summed E-state index contributed by atoms with van der Waals surface area (Å²) >= 11 is 0. The lowest BCUT2D eigenvalue weighted by molar-refractivity contribution is 0.167. The van der Waals surface area contributed by atoms with E-state index in [0.29, 0.717) is 6.54 Å². The molecule has 1 unspecified atom stereocenters. The third-order valence-electron chi connectivity index (χ3n) is 2.30. The van der Waals surface area contributed by atoms with Gasteiger partial charge in [-0.25, -0.2) is 0 Å². The van der Waals surface area contributed by atoms with Gasteiger partial charge in [0, 0.05) is 13.1 Å². The number of rotatable bonds is 5. The van der Waals surface area contributed by atoms with Crippen LogP contribution in [0, 0.1) is 6.92 Å². The minimum Gasteiger partial charge on any atom is -0.392 e. The Morgan fingerprint density at radius 2 is 1.93 bits per heavy atom. The van der Waals surface area contributed by atoms with Gasteiger partial charge >= 0.3 is 0 Å². The number of aliphatic hydroxyl groups excluding tert-OH is 1. The summed E-state index contributed by atoms with van der Waals surface area (Å²) in [6.07, 6.45) is 0.585. The third kappa shape index (κ3) is 3.90. The Kier molecular flexibility index (Phi) is 4.63. The second-order valence-electron chi connectivity index (χ2n) is 3.68. The fourth-order valence-electron chi connectivity index (χ4n) is 1.23. The van der Waals surface area contributed by atoms with Gasteiger partial charge < -0.3 is 10.4 Å². The zero-order chi connectivity index (χ0) is 10.4. The molecule has 1 aromatic carbocycles. The molecule has 0 amide bonds. The quantitative estimate of drug-likeness (QED) is 0.748. The molecule has 0 bridgehead atoms. The lowest BCUT2D eigenvalue weighted by Gasteiger charge is -2.09. The topological polar surface area (TPSA) is 32.3 Å². The van der Waals surface area contributed by atoms with Gasteiger partial charge in [0.1, 0.15) is 0 Å². The first kappa shape index (κ1) is 11.2. The molecule has 1 aromatic rings. The summed E-state index contributed by atoms with van der Waals surface area (Å²) in [4.78, 5) is 0. The Balaban J connectivity index is 2.28. The van der Waals surface area contributed by atoms with Crippen LogP contribution >= 0.6 is 0 Å². The van der Waals surface area contributed by atoms with Gasteiger partial charge in [-0.15, -0.1) is 0 Å². The van der Waals surface area contributed by atoms with E-state index in [1.165, 1.54) is 11.1 Å². The molecule has 14 heavy (non-hydrogen) atoms. The van der Waals surface area contributed by atoms with E-state index >= 15 is 0 Å². The van der Waals surface area contributed by atoms with Crippen molar-refractivity contribution < 1.29 is 5.11 Å². The van der Waals surface area contributed by atoms with E-state index in [-0.39, 0.29) is 6.10 Å². The number of benzene rings is 1. The van der Waals surface area contributed by atoms with E-state index in [2.05, 4.69) is 36.5 Å². The molecule has 2 nitrogen and oxygen atoms in total. The highest BCUT2D eigenvalue weighted by Crippen LogP contribution is 2.02. The first-order valence-electron chi connectivity index (χ1n) is 5.16. The summed E-state index contributed by atoms with van der Waals surface area (Å²) in [5.41, 5.74) is 2.54. The first-order valence-corrected chi connectivity index (χ1v) is 5.16. The molecule has 0 saturated heterocycles. The van der Waals surface area contributed by atoms with Crippen LogP contribution in [0.25, 0.3) is 0 Å². The zero-order valence-corrected chi connectivity index (χ0v) is 8.96. The van der Waals surface area contributed by atoms with Crippen molar-refractivity contribution in [1.82, 2.24) is 5.32 Å². The Morgan fingerprint density at radius 3 is 2.50 bits per heavy atom. The summed E-state index contributed by atoms with van der Waals surface area (Å²) in [5.74, 6) is 0. The van der Waals surface area contributed by atoms with Crippen LogP contribution in [0.4, 0.5) is 0 Å². The van der Waals surface area contributed by atoms with Crippen molar-refractivity contribution in [2.75, 3.05) is 6.54 Å². The van der Waals surface area contributed by atoms with Gasteiger partial charge in [-0.1, -0.05) is 36.8 Å². The fourth-order valence-corrected chi connectivity index (χ4v) is 1.23. The van der Waals surface area contributed by atoms with E-state index in [4.69, 9.17) is 0 Å². The SMILES string of the molecule is CCC(O)CNCc1ccc(C)cc1. The van der Waals surface area contributed by atoms with Gasteiger partial charge in [-0.2, -0.15) is 0 Å². The predicted octanol–water partition coefficient (Wildman–Crippen LogP) is 1.86. The average Bonchev–Trinajstić information content (AvgIpc) is 2.21. The van der Waals surface area contributed by atoms with Gasteiger partial charge in [0.25, 0.3) is 0 Å². The van der Waals surface area contributed by atoms with Gasteiger partial charge in [-0.3, -0.25) is 0 Å². The monoisotopic (exact) mass is 193 g/mol. The molecule has 0 aliphatic heterocycles. The summed E-state index contributed by atoms with van der Waals surface area (Å²) in [6.45, 7) is 5.57. The molecule has 0 aliphatic carbocycles. The van der Waals surface area contributed by atoms with Gasteiger partial charge in [0.2, 0.25) is 0 Å². The van der Waals surface area contributed by atoms with Crippen LogP contribution in [0.5, 0.6) is 0 Å². The van der Waals surface area contributed by atoms with Crippen LogP contribution < -0.4 is 5.32 Å². The maximum Gasteiger partial charge on any atom is 0.0662 e. The maximum atomic E-state index is 9.32. The highest BCUT2D eigenvalue weighted by Gasteiger charge is 1.99. The molecule has 0 spiro atoms. The molecule has 2 N–H and O–H groups in total. The summed E-state index contributed by atoms with van der Waals surface area (Å²) in [5, 5.41) is 12.5. The molecule has 1 atom stereocenters. The van der Waals surface area contributed by atoms with Crippen molar-refractivity contribution in [2.45, 2.75) is 32.9 Å². The minimum absolute atomic E-state index is 0.222. The van der Waals surface area contributed by atoms with Crippen molar-refractivity contribution in [3.8, 4) is 0 Å². The molecule has 0 saturated carbocycles. The van der Waals surface area contributed by atoms with Crippen molar-refractivity contribution in [1.29, 1.82) is 0 Å². The zero-order valence-electron chi connectivity index (χ0n) is 8.96. The van der Waals surface area contributed by atoms with Gasteiger partial charge in [0.15, 0.2) is 0 Å². The van der Waals surface area contributed by atoms with Crippen LogP contribution in [0.15, 0.2) is 24.3 Å². The van der Waals surface area contributed by atoms with E-state index < -0.39 is 0 Å². The summed E-state index contributed by atoms with van der Waals surface area (Å²) in [7, 11) is 0. The van der Waals surface area contributed by atoms with Crippen LogP contribution in [-0.4, -0.2) is 17.8 Å². The van der Waals surface area contributed by atoms with Crippen molar-refractivity contribution >= 4 is 0 Å². The Morgan fingerprint density at radius 1 is 1.29 bits per heavy atom. The second-order valence-corrected chi connectivity index (χ2v) is 3.68. The molecule has 0 aliphatic rings. The molecule has 1 rings (SSSR count). The number of hydrogen-bond acceptors (Lipinski definition) is 2. The third-order valence-corrected chi connectivity index (χ3v) is 2.30. The van der Waals surface area contributed by atoms with E-state index in [9.17, 15) is 5.11 Å². The predicted molar refractivity (Wildman–Crippen MR) is 59.2 cm³/mol. The van der Waals surface area contributed by atoms with Crippen molar-refractivity contribution in [2.24, 2.45) is 0 Å². The van der Waals surface area contributed by atoms with Crippen molar-refractivity contribution in [3.63, 3.8) is 0 Å². The van der Waals surface area contributed by atoms with E-state index in [1.54, 1.807) is 0 Å². The number of hydrogen-bond donors (Lipinski definition) is 2. The first-order chi connectivity index (χ1) is 6.72. The van der Waals surface area contributed by atoms with Crippen LogP contribution in [0.2, 0.25) is 0 Å². The van der Waals surface area contributed by atoms with Gasteiger partial charge in [-0.05, 0) is 18.9 Å². The smallest absolute Gasteiger partial charge is 0.0662 e. The lowest BCUT2D eigenvalue weighted by Crippen LogP contribution is -2.25. The second kappa shape index (κ2) is 5.78. The highest BCUT2D eigenvalue weighted by molar-refractivity contribution is 5.20. The summed E-state index contributed by atoms with van der Waals surface area (Å²) in [6, 6.07) is 8.43. The van der Waals surface area contributed by atoms with Crippen molar-refractivity contribution in [3.05, 3.63) is 35.4 Å². The molecule has 0 fully saturated rings. The molecule has 0 radical (unpaired) electrons. The normalized spacial score (nSPS) is 12.8. The Bertz CT molecular complexity index is 256. The average molecular weight is 193 g/mol. The molecular formula is C12H19NO. The molecule has 78 valence electrons. The van der Waals surface area contributed by atoms with Crippen LogP contribution in [-0.2, 0) is 6.54 Å². The molecule has 0 heterocycles. The van der Waals surface area contributed by atoms with Crippen LogP contribution in [0.3, 0.4) is 0 Å². The number of aliphatic hydroxyl groups is 1. The van der Waals surface area contributed by atoms with Gasteiger partial charge in [0.05, 0.1) is 6.10 Å². The fraction of sp³-hybridized carbons (Fsp3) is 0.500. The largest absolute Gasteiger partial charge is 0.392 e. The van der Waals surface area contributed by atoms with E-state index in [1.807, 2.05) is 6.92 Å². The standard InChI is InChI=1S/C12H19NO/c1-3-12(14)9-13-8-11-6-4-10(2)5-7-11/h4-7,12-14H,3,8-9H2,1-2H3.